The van der Waals surface area contributed by atoms with Crippen LogP contribution in [-0.2, 0) is 0 Å². The molecule has 0 fully saturated rings. The molecule has 12 rings (SSSR count). The molecule has 0 atom stereocenters. The van der Waals surface area contributed by atoms with E-state index in [4.69, 9.17) is 9.97 Å². The zero-order valence-corrected chi connectivity index (χ0v) is 33.2. The largest absolute Gasteiger partial charge is 0.309 e. The Morgan fingerprint density at radius 2 is 0.820 bits per heavy atom. The van der Waals surface area contributed by atoms with Gasteiger partial charge in [-0.3, -0.25) is 0 Å². The van der Waals surface area contributed by atoms with Gasteiger partial charge in [0.2, 0.25) is 0 Å². The zero-order chi connectivity index (χ0) is 40.3. The third-order valence-electron chi connectivity index (χ3n) is 12.2. The zero-order valence-electron chi connectivity index (χ0n) is 33.2. The van der Waals surface area contributed by atoms with Gasteiger partial charge in [0.15, 0.2) is 5.82 Å². The van der Waals surface area contributed by atoms with E-state index in [-0.39, 0.29) is 0 Å². The fourth-order valence-corrected chi connectivity index (χ4v) is 9.24. The summed E-state index contributed by atoms with van der Waals surface area (Å²) in [7, 11) is 0. The first kappa shape index (κ1) is 34.9. The van der Waals surface area contributed by atoms with Crippen molar-refractivity contribution in [3.63, 3.8) is 0 Å². The molecule has 3 heteroatoms. The highest BCUT2D eigenvalue weighted by molar-refractivity contribution is 6.20. The lowest BCUT2D eigenvalue weighted by atomic mass is 9.89. The van der Waals surface area contributed by atoms with Crippen LogP contribution in [0.15, 0.2) is 224 Å². The van der Waals surface area contributed by atoms with Gasteiger partial charge < -0.3 is 4.57 Å². The summed E-state index contributed by atoms with van der Waals surface area (Å²) in [5, 5.41) is 10.0. The van der Waals surface area contributed by atoms with Gasteiger partial charge in [0.25, 0.3) is 0 Å². The molecule has 0 spiro atoms. The molecule has 3 nitrogen and oxygen atoms in total. The van der Waals surface area contributed by atoms with Crippen molar-refractivity contribution in [1.29, 1.82) is 0 Å². The van der Waals surface area contributed by atoms with E-state index in [1.165, 1.54) is 70.8 Å². The predicted molar refractivity (Wildman–Crippen MR) is 256 cm³/mol. The summed E-state index contributed by atoms with van der Waals surface area (Å²) in [4.78, 5) is 10.3. The normalized spacial score (nSPS) is 11.6. The van der Waals surface area contributed by atoms with Gasteiger partial charge in [0, 0.05) is 33.2 Å². The first-order chi connectivity index (χ1) is 30.2. The summed E-state index contributed by atoms with van der Waals surface area (Å²) in [6, 6.07) is 80.5. The molecule has 0 saturated heterocycles. The molecule has 0 unspecified atom stereocenters. The molecular weight excluding hydrogens is 739 g/mol. The third kappa shape index (κ3) is 5.98. The van der Waals surface area contributed by atoms with Gasteiger partial charge in [-0.25, -0.2) is 9.97 Å². The standard InChI is InChI=1S/C58H37N3/c1-3-14-43(15-4-1)58-59-53(40-25-23-38(24-26-40)44-32-33-50-49-21-11-12-22-55(49)61(56(50)36-44)46-17-5-2-6-18-46)37-54(60-58)41-27-29-42(30-28-41)57-48-20-10-8-16-45(48)35-52-47-19-9-7-13-39(47)31-34-51(52)57/h1-37H. The second kappa shape index (κ2) is 14.3. The highest BCUT2D eigenvalue weighted by atomic mass is 15.0. The van der Waals surface area contributed by atoms with Crippen LogP contribution in [0.25, 0.3) is 116 Å². The van der Waals surface area contributed by atoms with E-state index < -0.39 is 0 Å². The topological polar surface area (TPSA) is 30.7 Å². The number of hydrogen-bond donors (Lipinski definition) is 0. The van der Waals surface area contributed by atoms with E-state index >= 15 is 0 Å². The van der Waals surface area contributed by atoms with Crippen molar-refractivity contribution in [1.82, 2.24) is 14.5 Å². The maximum Gasteiger partial charge on any atom is 0.160 e. The van der Waals surface area contributed by atoms with Crippen molar-refractivity contribution in [3.8, 4) is 61.8 Å². The van der Waals surface area contributed by atoms with E-state index in [0.717, 1.165) is 39.3 Å². The lowest BCUT2D eigenvalue weighted by molar-refractivity contribution is 1.18. The molecule has 12 aromatic rings. The molecule has 61 heavy (non-hydrogen) atoms. The van der Waals surface area contributed by atoms with E-state index in [2.05, 4.69) is 211 Å². The van der Waals surface area contributed by atoms with Crippen LogP contribution in [0.2, 0.25) is 0 Å². The molecule has 0 aliphatic carbocycles. The van der Waals surface area contributed by atoms with Crippen LogP contribution >= 0.6 is 0 Å². The molecule has 0 bridgehead atoms. The SMILES string of the molecule is c1ccc(-c2nc(-c3ccc(-c4ccc5c6ccccc6n(-c6ccccc6)c5c4)cc3)cc(-c3ccc(-c4c5ccccc5cc5c4ccc4ccccc45)cc3)n2)cc1. The number of benzene rings is 10. The van der Waals surface area contributed by atoms with Crippen molar-refractivity contribution >= 4 is 54.1 Å². The lowest BCUT2D eigenvalue weighted by Gasteiger charge is -2.15. The second-order valence-corrected chi connectivity index (χ2v) is 15.8. The minimum Gasteiger partial charge on any atom is -0.309 e. The minimum atomic E-state index is 0.701. The Bertz CT molecular complexity index is 3610. The summed E-state index contributed by atoms with van der Waals surface area (Å²) in [5.74, 6) is 0.701. The van der Waals surface area contributed by atoms with E-state index in [9.17, 15) is 0 Å². The van der Waals surface area contributed by atoms with Crippen LogP contribution in [0, 0.1) is 0 Å². The molecule has 2 heterocycles. The monoisotopic (exact) mass is 775 g/mol. The fourth-order valence-electron chi connectivity index (χ4n) is 9.24. The average Bonchev–Trinajstić information content (AvgIpc) is 3.67. The van der Waals surface area contributed by atoms with Crippen LogP contribution in [0.1, 0.15) is 0 Å². The Balaban J connectivity index is 0.941. The molecule has 2 aromatic heterocycles. The van der Waals surface area contributed by atoms with Crippen LogP contribution < -0.4 is 0 Å². The Labute approximate surface area is 353 Å². The fraction of sp³-hybridized carbons (Fsp3) is 0. The Hall–Kier alpha value is -8.14. The number of fused-ring (bicyclic) bond motifs is 7. The Morgan fingerprint density at radius 3 is 1.56 bits per heavy atom. The molecule has 0 N–H and O–H groups in total. The Kier molecular flexibility index (Phi) is 8.17. The maximum atomic E-state index is 5.17. The number of aromatic nitrogens is 3. The van der Waals surface area contributed by atoms with Gasteiger partial charge in [-0.15, -0.1) is 0 Å². The van der Waals surface area contributed by atoms with E-state index in [1.807, 2.05) is 18.2 Å². The summed E-state index contributed by atoms with van der Waals surface area (Å²) in [6.45, 7) is 0. The minimum absolute atomic E-state index is 0.701. The predicted octanol–water partition coefficient (Wildman–Crippen LogP) is 15.4. The quantitative estimate of drug-likeness (QED) is 0.124. The number of para-hydroxylation sites is 2. The van der Waals surface area contributed by atoms with Crippen LogP contribution in [0.5, 0.6) is 0 Å². The van der Waals surface area contributed by atoms with Gasteiger partial charge in [0.1, 0.15) is 0 Å². The highest BCUT2D eigenvalue weighted by Gasteiger charge is 2.16. The van der Waals surface area contributed by atoms with Gasteiger partial charge >= 0.3 is 0 Å². The van der Waals surface area contributed by atoms with Gasteiger partial charge in [-0.05, 0) is 91.0 Å². The molecule has 10 aromatic carbocycles. The molecule has 284 valence electrons. The van der Waals surface area contributed by atoms with Crippen LogP contribution in [0.3, 0.4) is 0 Å². The van der Waals surface area contributed by atoms with Crippen LogP contribution in [0.4, 0.5) is 0 Å². The lowest BCUT2D eigenvalue weighted by Crippen LogP contribution is -1.96. The number of hydrogen-bond acceptors (Lipinski definition) is 2. The van der Waals surface area contributed by atoms with Crippen molar-refractivity contribution in [2.45, 2.75) is 0 Å². The molecule has 0 aliphatic heterocycles. The maximum absolute atomic E-state index is 5.17. The molecule has 0 aliphatic rings. The van der Waals surface area contributed by atoms with Crippen molar-refractivity contribution < 1.29 is 0 Å². The number of rotatable bonds is 6. The molecule has 0 radical (unpaired) electrons. The second-order valence-electron chi connectivity index (χ2n) is 15.8. The van der Waals surface area contributed by atoms with Crippen molar-refractivity contribution in [2.24, 2.45) is 0 Å². The van der Waals surface area contributed by atoms with Gasteiger partial charge in [-0.1, -0.05) is 188 Å². The molecular formula is C58H37N3. The van der Waals surface area contributed by atoms with E-state index in [1.54, 1.807) is 0 Å². The van der Waals surface area contributed by atoms with Gasteiger partial charge in [0.05, 0.1) is 22.4 Å². The van der Waals surface area contributed by atoms with Crippen molar-refractivity contribution in [3.05, 3.63) is 224 Å². The summed E-state index contributed by atoms with van der Waals surface area (Å²) >= 11 is 0. The van der Waals surface area contributed by atoms with Crippen molar-refractivity contribution in [2.75, 3.05) is 0 Å². The first-order valence-electron chi connectivity index (χ1n) is 20.8. The van der Waals surface area contributed by atoms with Gasteiger partial charge in [-0.2, -0.15) is 0 Å². The first-order valence-corrected chi connectivity index (χ1v) is 20.8. The third-order valence-corrected chi connectivity index (χ3v) is 12.2. The smallest absolute Gasteiger partial charge is 0.160 e. The molecule has 0 saturated carbocycles. The molecule has 0 amide bonds. The summed E-state index contributed by atoms with van der Waals surface area (Å²) in [6.07, 6.45) is 0. The summed E-state index contributed by atoms with van der Waals surface area (Å²) in [5.41, 5.74) is 13.1. The average molecular weight is 776 g/mol. The van der Waals surface area contributed by atoms with Crippen LogP contribution in [-0.4, -0.2) is 14.5 Å². The highest BCUT2D eigenvalue weighted by Crippen LogP contribution is 2.41. The van der Waals surface area contributed by atoms with E-state index in [0.29, 0.717) is 5.82 Å². The Morgan fingerprint density at radius 1 is 0.279 bits per heavy atom. The summed E-state index contributed by atoms with van der Waals surface area (Å²) < 4.78 is 2.37. The number of nitrogens with zero attached hydrogens (tertiary/aromatic N) is 3.